The van der Waals surface area contributed by atoms with Crippen molar-refractivity contribution in [3.63, 3.8) is 0 Å². The molecule has 1 aliphatic carbocycles. The second kappa shape index (κ2) is 4.29. The van der Waals surface area contributed by atoms with Gasteiger partial charge in [0.15, 0.2) is 0 Å². The summed E-state index contributed by atoms with van der Waals surface area (Å²) in [5.41, 5.74) is -0.952. The lowest BCUT2D eigenvalue weighted by Crippen LogP contribution is -2.29. The molecule has 0 aromatic carbocycles. The van der Waals surface area contributed by atoms with Crippen molar-refractivity contribution in [2.45, 2.75) is 37.7 Å². The fraction of sp³-hybridized carbons (Fsp3) is 0.700. The first-order valence-electron chi connectivity index (χ1n) is 4.50. The van der Waals surface area contributed by atoms with Gasteiger partial charge in [-0.25, -0.2) is 4.79 Å². The molecule has 3 nitrogen and oxygen atoms in total. The Morgan fingerprint density at radius 3 is 2.54 bits per heavy atom. The molecule has 13 heavy (non-hydrogen) atoms. The molecule has 1 saturated carbocycles. The van der Waals surface area contributed by atoms with Crippen LogP contribution in [0, 0.1) is 11.8 Å². The molecule has 0 atom stereocenters. The zero-order valence-electron chi connectivity index (χ0n) is 7.80. The molecule has 1 N–H and O–H groups in total. The molecule has 0 spiro atoms. The molecule has 0 heterocycles. The van der Waals surface area contributed by atoms with E-state index in [-0.39, 0.29) is 0 Å². The number of carbonyl (C=O) groups is 1. The van der Waals surface area contributed by atoms with Gasteiger partial charge in [0, 0.05) is 5.92 Å². The monoisotopic (exact) mass is 182 g/mol. The van der Waals surface area contributed by atoms with Crippen LogP contribution in [0.3, 0.4) is 0 Å². The zero-order valence-corrected chi connectivity index (χ0v) is 7.80. The third-order valence-corrected chi connectivity index (χ3v) is 2.26. The molecule has 0 saturated heterocycles. The fourth-order valence-electron chi connectivity index (χ4n) is 1.48. The SMILES string of the molecule is COC(=O)C#CC1(O)CCCCC1. The van der Waals surface area contributed by atoms with Crippen molar-refractivity contribution in [3.8, 4) is 11.8 Å². The molecule has 0 aliphatic heterocycles. The van der Waals surface area contributed by atoms with Crippen molar-refractivity contribution in [3.05, 3.63) is 0 Å². The first kappa shape index (κ1) is 10.1. The maximum absolute atomic E-state index is 10.7. The highest BCUT2D eigenvalue weighted by Gasteiger charge is 2.26. The van der Waals surface area contributed by atoms with Crippen LogP contribution < -0.4 is 0 Å². The summed E-state index contributed by atoms with van der Waals surface area (Å²) in [6.07, 6.45) is 4.43. The number of carbonyl (C=O) groups excluding carboxylic acids is 1. The van der Waals surface area contributed by atoms with Gasteiger partial charge in [0.1, 0.15) is 5.60 Å². The lowest BCUT2D eigenvalue weighted by molar-refractivity contribution is -0.133. The van der Waals surface area contributed by atoms with Gasteiger partial charge in [0.05, 0.1) is 7.11 Å². The average molecular weight is 182 g/mol. The van der Waals surface area contributed by atoms with E-state index in [4.69, 9.17) is 0 Å². The van der Waals surface area contributed by atoms with Gasteiger partial charge < -0.3 is 9.84 Å². The molecule has 1 rings (SSSR count). The Labute approximate surface area is 78.1 Å². The lowest BCUT2D eigenvalue weighted by Gasteiger charge is -2.26. The van der Waals surface area contributed by atoms with Gasteiger partial charge in [-0.05, 0) is 25.7 Å². The number of aliphatic hydroxyl groups is 1. The predicted molar refractivity (Wildman–Crippen MR) is 47.8 cm³/mol. The van der Waals surface area contributed by atoms with Crippen molar-refractivity contribution in [1.82, 2.24) is 0 Å². The highest BCUT2D eigenvalue weighted by Crippen LogP contribution is 2.26. The third kappa shape index (κ3) is 3.08. The quantitative estimate of drug-likeness (QED) is 0.343. The van der Waals surface area contributed by atoms with Crippen LogP contribution in [0.1, 0.15) is 32.1 Å². The highest BCUT2D eigenvalue weighted by atomic mass is 16.5. The molecular formula is C10H14O3. The minimum absolute atomic E-state index is 0.584. The highest BCUT2D eigenvalue weighted by molar-refractivity contribution is 5.88. The molecule has 0 aromatic heterocycles. The van der Waals surface area contributed by atoms with Gasteiger partial charge in [-0.3, -0.25) is 0 Å². The molecule has 3 heteroatoms. The van der Waals surface area contributed by atoms with E-state index in [1.807, 2.05) is 0 Å². The molecule has 1 fully saturated rings. The summed E-state index contributed by atoms with van der Waals surface area (Å²) in [5.74, 6) is 4.28. The molecule has 0 radical (unpaired) electrons. The topological polar surface area (TPSA) is 46.5 Å². The van der Waals surface area contributed by atoms with Crippen LogP contribution in [-0.2, 0) is 9.53 Å². The molecule has 0 aromatic rings. The normalized spacial score (nSPS) is 19.8. The van der Waals surface area contributed by atoms with Crippen LogP contribution in [0.5, 0.6) is 0 Å². The third-order valence-electron chi connectivity index (χ3n) is 2.26. The molecule has 0 bridgehead atoms. The van der Waals surface area contributed by atoms with Gasteiger partial charge in [0.2, 0.25) is 0 Å². The van der Waals surface area contributed by atoms with Crippen LogP contribution in [-0.4, -0.2) is 23.8 Å². The summed E-state index contributed by atoms with van der Waals surface area (Å²) in [6.45, 7) is 0. The van der Waals surface area contributed by atoms with Crippen LogP contribution in [0.15, 0.2) is 0 Å². The number of esters is 1. The summed E-state index contributed by atoms with van der Waals surface area (Å²) in [4.78, 5) is 10.7. The zero-order chi connectivity index (χ0) is 9.73. The summed E-state index contributed by atoms with van der Waals surface area (Å²) in [6, 6.07) is 0. The van der Waals surface area contributed by atoms with E-state index in [1.54, 1.807) is 0 Å². The van der Waals surface area contributed by atoms with Crippen molar-refractivity contribution >= 4 is 5.97 Å². The predicted octanol–water partition coefficient (Wildman–Crippen LogP) is 0.858. The van der Waals surface area contributed by atoms with Gasteiger partial charge in [-0.2, -0.15) is 0 Å². The smallest absolute Gasteiger partial charge is 0.384 e. The van der Waals surface area contributed by atoms with E-state index in [0.29, 0.717) is 12.8 Å². The van der Waals surface area contributed by atoms with Gasteiger partial charge in [-0.1, -0.05) is 12.3 Å². The van der Waals surface area contributed by atoms with E-state index in [2.05, 4.69) is 16.6 Å². The Morgan fingerprint density at radius 1 is 1.38 bits per heavy atom. The first-order valence-corrected chi connectivity index (χ1v) is 4.50. The first-order chi connectivity index (χ1) is 6.16. The molecule has 0 amide bonds. The summed E-state index contributed by atoms with van der Waals surface area (Å²) >= 11 is 0. The second-order valence-electron chi connectivity index (χ2n) is 3.33. The van der Waals surface area contributed by atoms with Crippen LogP contribution in [0.2, 0.25) is 0 Å². The maximum atomic E-state index is 10.7. The van der Waals surface area contributed by atoms with Gasteiger partial charge in [-0.15, -0.1) is 0 Å². The Bertz CT molecular complexity index is 241. The molecular weight excluding hydrogens is 168 g/mol. The van der Waals surface area contributed by atoms with E-state index in [9.17, 15) is 9.90 Å². The molecule has 0 unspecified atom stereocenters. The second-order valence-corrected chi connectivity index (χ2v) is 3.33. The van der Waals surface area contributed by atoms with Crippen molar-refractivity contribution in [1.29, 1.82) is 0 Å². The average Bonchev–Trinajstić information content (AvgIpc) is 2.15. The van der Waals surface area contributed by atoms with Crippen molar-refractivity contribution in [2.75, 3.05) is 7.11 Å². The van der Waals surface area contributed by atoms with Crippen molar-refractivity contribution in [2.24, 2.45) is 0 Å². The van der Waals surface area contributed by atoms with Crippen LogP contribution >= 0.6 is 0 Å². The van der Waals surface area contributed by atoms with E-state index < -0.39 is 11.6 Å². The van der Waals surface area contributed by atoms with E-state index in [0.717, 1.165) is 19.3 Å². The Morgan fingerprint density at radius 2 is 2.00 bits per heavy atom. The summed E-state index contributed by atoms with van der Waals surface area (Å²) < 4.78 is 4.36. The summed E-state index contributed by atoms with van der Waals surface area (Å²) in [7, 11) is 1.28. The summed E-state index contributed by atoms with van der Waals surface area (Å²) in [5, 5.41) is 9.83. The van der Waals surface area contributed by atoms with E-state index in [1.165, 1.54) is 7.11 Å². The molecule has 1 aliphatic rings. The number of hydrogen-bond acceptors (Lipinski definition) is 3. The standard InChI is InChI=1S/C10H14O3/c1-13-9(11)5-8-10(12)6-3-2-4-7-10/h12H,2-4,6-7H2,1H3. The number of hydrogen-bond donors (Lipinski definition) is 1. The van der Waals surface area contributed by atoms with Gasteiger partial charge in [0.25, 0.3) is 0 Å². The lowest BCUT2D eigenvalue weighted by atomic mass is 9.85. The van der Waals surface area contributed by atoms with Gasteiger partial charge >= 0.3 is 5.97 Å². The largest absolute Gasteiger partial charge is 0.459 e. The Balaban J connectivity index is 2.57. The van der Waals surface area contributed by atoms with Crippen molar-refractivity contribution < 1.29 is 14.6 Å². The minimum Gasteiger partial charge on any atom is -0.459 e. The fourth-order valence-corrected chi connectivity index (χ4v) is 1.48. The number of rotatable bonds is 0. The van der Waals surface area contributed by atoms with Crippen LogP contribution in [0.25, 0.3) is 0 Å². The Hall–Kier alpha value is -1.01. The molecule has 72 valence electrons. The maximum Gasteiger partial charge on any atom is 0.384 e. The minimum atomic E-state index is -0.952. The van der Waals surface area contributed by atoms with Crippen LogP contribution in [0.4, 0.5) is 0 Å². The number of ether oxygens (including phenoxy) is 1. The number of methoxy groups -OCH3 is 1. The van der Waals surface area contributed by atoms with E-state index >= 15 is 0 Å². The Kier molecular flexibility index (Phi) is 3.32.